The van der Waals surface area contributed by atoms with E-state index in [1.165, 1.54) is 5.32 Å². The minimum absolute atomic E-state index is 0.651. The van der Waals surface area contributed by atoms with E-state index < -0.39 is 30.8 Å². The molecular weight excluding hydrogens is 191 g/mol. The molecule has 0 saturated heterocycles. The minimum Gasteiger partial charge on any atom is -0.393 e. The van der Waals surface area contributed by atoms with E-state index in [4.69, 9.17) is 10.2 Å². The van der Waals surface area contributed by atoms with Gasteiger partial charge in [-0.25, -0.2) is 0 Å². The molecule has 1 amide bonds. The van der Waals surface area contributed by atoms with Crippen molar-refractivity contribution >= 4 is 5.91 Å². The Hall–Kier alpha value is -0.820. The maximum Gasteiger partial charge on any atom is 0.471 e. The summed E-state index contributed by atoms with van der Waals surface area (Å²) in [5.41, 5.74) is -1.74. The smallest absolute Gasteiger partial charge is 0.393 e. The van der Waals surface area contributed by atoms with Crippen molar-refractivity contribution in [3.05, 3.63) is 0 Å². The Morgan fingerprint density at radius 1 is 1.46 bits per heavy atom. The van der Waals surface area contributed by atoms with Crippen LogP contribution in [0.3, 0.4) is 0 Å². The molecule has 0 bridgehead atoms. The summed E-state index contributed by atoms with van der Waals surface area (Å²) in [5.74, 6) is -2.14. The van der Waals surface area contributed by atoms with Crippen molar-refractivity contribution in [2.45, 2.75) is 18.7 Å². The maximum atomic E-state index is 11.6. The van der Waals surface area contributed by atoms with E-state index in [2.05, 4.69) is 0 Å². The van der Waals surface area contributed by atoms with E-state index in [1.807, 2.05) is 0 Å². The molecular formula is C6H10F3NO3. The molecule has 0 fully saturated rings. The van der Waals surface area contributed by atoms with Gasteiger partial charge in [0.05, 0.1) is 6.61 Å². The fraction of sp³-hybridized carbons (Fsp3) is 0.833. The summed E-state index contributed by atoms with van der Waals surface area (Å²) in [7, 11) is 0. The Balaban J connectivity index is 3.98. The van der Waals surface area contributed by atoms with Crippen molar-refractivity contribution in [2.75, 3.05) is 13.2 Å². The third kappa shape index (κ3) is 4.69. The molecule has 0 aromatic rings. The lowest BCUT2D eigenvalue weighted by Crippen LogP contribution is -2.47. The first-order chi connectivity index (χ1) is 5.69. The van der Waals surface area contributed by atoms with Gasteiger partial charge in [0.25, 0.3) is 0 Å². The second kappa shape index (κ2) is 3.93. The van der Waals surface area contributed by atoms with Gasteiger partial charge in [-0.1, -0.05) is 0 Å². The van der Waals surface area contributed by atoms with Gasteiger partial charge in [0.15, 0.2) is 0 Å². The molecule has 0 rings (SSSR count). The lowest BCUT2D eigenvalue weighted by atomic mass is 10.1. The fourth-order valence-corrected chi connectivity index (χ4v) is 0.427. The minimum atomic E-state index is -4.97. The van der Waals surface area contributed by atoms with Crippen molar-refractivity contribution in [3.8, 4) is 0 Å². The molecule has 0 radical (unpaired) electrons. The van der Waals surface area contributed by atoms with Crippen LogP contribution in [-0.2, 0) is 4.79 Å². The second-order valence-electron chi connectivity index (χ2n) is 2.84. The molecule has 0 heterocycles. The van der Waals surface area contributed by atoms with Crippen LogP contribution in [0.15, 0.2) is 0 Å². The number of carbonyl (C=O) groups excluding carboxylic acids is 1. The molecule has 13 heavy (non-hydrogen) atoms. The van der Waals surface area contributed by atoms with Crippen molar-refractivity contribution in [1.82, 2.24) is 5.32 Å². The molecule has 4 nitrogen and oxygen atoms in total. The van der Waals surface area contributed by atoms with E-state index >= 15 is 0 Å². The van der Waals surface area contributed by atoms with E-state index in [-0.39, 0.29) is 0 Å². The zero-order valence-electron chi connectivity index (χ0n) is 6.85. The molecule has 3 N–H and O–H groups in total. The highest BCUT2D eigenvalue weighted by atomic mass is 19.4. The average molecular weight is 201 g/mol. The maximum absolute atomic E-state index is 11.6. The highest BCUT2D eigenvalue weighted by molar-refractivity contribution is 5.81. The van der Waals surface area contributed by atoms with E-state index in [0.717, 1.165) is 6.92 Å². The molecule has 0 spiro atoms. The van der Waals surface area contributed by atoms with Crippen LogP contribution in [-0.4, -0.2) is 41.0 Å². The molecule has 0 aliphatic carbocycles. The molecule has 1 unspecified atom stereocenters. The van der Waals surface area contributed by atoms with Gasteiger partial charge in [0.1, 0.15) is 5.60 Å². The second-order valence-corrected chi connectivity index (χ2v) is 2.84. The van der Waals surface area contributed by atoms with Crippen molar-refractivity contribution in [3.63, 3.8) is 0 Å². The van der Waals surface area contributed by atoms with Crippen LogP contribution in [0.1, 0.15) is 6.92 Å². The van der Waals surface area contributed by atoms with Gasteiger partial charge in [-0.15, -0.1) is 0 Å². The first-order valence-corrected chi connectivity index (χ1v) is 3.37. The quantitative estimate of drug-likeness (QED) is 0.571. The number of aliphatic hydroxyl groups excluding tert-OH is 1. The molecule has 0 aliphatic rings. The first kappa shape index (κ1) is 12.2. The monoisotopic (exact) mass is 201 g/mol. The standard InChI is InChI=1S/C6H10F3NO3/c1-5(13,3-11)2-10-4(12)6(7,8)9/h11,13H,2-3H2,1H3,(H,10,12). The topological polar surface area (TPSA) is 69.6 Å². The molecule has 78 valence electrons. The number of alkyl halides is 3. The van der Waals surface area contributed by atoms with Gasteiger partial charge in [0, 0.05) is 6.54 Å². The van der Waals surface area contributed by atoms with Gasteiger partial charge < -0.3 is 15.5 Å². The summed E-state index contributed by atoms with van der Waals surface area (Å²) in [6.07, 6.45) is -4.97. The SMILES string of the molecule is CC(O)(CO)CNC(=O)C(F)(F)F. The summed E-state index contributed by atoms with van der Waals surface area (Å²) < 4.78 is 34.7. The van der Waals surface area contributed by atoms with Gasteiger partial charge in [0.2, 0.25) is 0 Å². The Labute approximate surface area is 72.4 Å². The first-order valence-electron chi connectivity index (χ1n) is 3.37. The summed E-state index contributed by atoms with van der Waals surface area (Å²) in [4.78, 5) is 10.2. The number of halogens is 3. The zero-order valence-corrected chi connectivity index (χ0v) is 6.85. The normalized spacial score (nSPS) is 16.5. The predicted octanol–water partition coefficient (Wildman–Crippen LogP) is -0.592. The Bertz CT molecular complexity index is 190. The lowest BCUT2D eigenvalue weighted by molar-refractivity contribution is -0.174. The van der Waals surface area contributed by atoms with Crippen molar-refractivity contribution in [1.29, 1.82) is 0 Å². The highest BCUT2D eigenvalue weighted by Crippen LogP contribution is 2.14. The molecule has 7 heteroatoms. The number of carbonyl (C=O) groups is 1. The van der Waals surface area contributed by atoms with Gasteiger partial charge in [-0.3, -0.25) is 4.79 Å². The third-order valence-corrected chi connectivity index (χ3v) is 1.23. The Morgan fingerprint density at radius 2 is 1.92 bits per heavy atom. The van der Waals surface area contributed by atoms with Crippen LogP contribution in [0.2, 0.25) is 0 Å². The Morgan fingerprint density at radius 3 is 2.23 bits per heavy atom. The van der Waals surface area contributed by atoms with Crippen LogP contribution < -0.4 is 5.32 Å². The number of amides is 1. The summed E-state index contributed by atoms with van der Waals surface area (Å²) in [5, 5.41) is 18.9. The van der Waals surface area contributed by atoms with Crippen LogP contribution in [0.5, 0.6) is 0 Å². The summed E-state index contributed by atoms with van der Waals surface area (Å²) >= 11 is 0. The summed E-state index contributed by atoms with van der Waals surface area (Å²) in [6, 6.07) is 0. The third-order valence-electron chi connectivity index (χ3n) is 1.23. The highest BCUT2D eigenvalue weighted by Gasteiger charge is 2.39. The average Bonchev–Trinajstić information content (AvgIpc) is 1.98. The van der Waals surface area contributed by atoms with Gasteiger partial charge >= 0.3 is 12.1 Å². The van der Waals surface area contributed by atoms with E-state index in [0.29, 0.717) is 0 Å². The lowest BCUT2D eigenvalue weighted by Gasteiger charge is -2.20. The number of rotatable bonds is 3. The predicted molar refractivity (Wildman–Crippen MR) is 36.8 cm³/mol. The Kier molecular flexibility index (Phi) is 3.68. The van der Waals surface area contributed by atoms with E-state index in [9.17, 15) is 18.0 Å². The molecule has 0 saturated carbocycles. The molecule has 1 atom stereocenters. The number of aliphatic hydroxyl groups is 2. The largest absolute Gasteiger partial charge is 0.471 e. The van der Waals surface area contributed by atoms with E-state index in [1.54, 1.807) is 0 Å². The fourth-order valence-electron chi connectivity index (χ4n) is 0.427. The zero-order chi connectivity index (χ0) is 10.7. The van der Waals surface area contributed by atoms with Gasteiger partial charge in [-0.2, -0.15) is 13.2 Å². The molecule has 0 aromatic heterocycles. The number of hydrogen-bond acceptors (Lipinski definition) is 3. The van der Waals surface area contributed by atoms with Crippen LogP contribution in [0.25, 0.3) is 0 Å². The number of nitrogens with one attached hydrogen (secondary N) is 1. The van der Waals surface area contributed by atoms with Gasteiger partial charge in [-0.05, 0) is 6.92 Å². The number of hydrogen-bond donors (Lipinski definition) is 3. The van der Waals surface area contributed by atoms with Crippen LogP contribution in [0.4, 0.5) is 13.2 Å². The van der Waals surface area contributed by atoms with Crippen molar-refractivity contribution in [2.24, 2.45) is 0 Å². The molecule has 0 aliphatic heterocycles. The van der Waals surface area contributed by atoms with Crippen LogP contribution in [0, 0.1) is 0 Å². The van der Waals surface area contributed by atoms with Crippen LogP contribution >= 0.6 is 0 Å². The van der Waals surface area contributed by atoms with Crippen molar-refractivity contribution < 1.29 is 28.2 Å². The molecule has 0 aromatic carbocycles. The summed E-state index contributed by atoms with van der Waals surface area (Å²) in [6.45, 7) is -0.281.